The van der Waals surface area contributed by atoms with Crippen molar-refractivity contribution in [1.29, 1.82) is 0 Å². The van der Waals surface area contributed by atoms with Crippen molar-refractivity contribution in [2.45, 2.75) is 31.9 Å². The van der Waals surface area contributed by atoms with E-state index in [1.165, 1.54) is 5.56 Å². The minimum Gasteiger partial charge on any atom is -0.469 e. The predicted molar refractivity (Wildman–Crippen MR) is 94.6 cm³/mol. The van der Waals surface area contributed by atoms with E-state index in [4.69, 9.17) is 13.9 Å². The maximum atomic E-state index is 13.0. The summed E-state index contributed by atoms with van der Waals surface area (Å²) in [5.74, 6) is 0.678. The first-order chi connectivity index (χ1) is 12.2. The average Bonchev–Trinajstić information content (AvgIpc) is 3.22. The largest absolute Gasteiger partial charge is 0.469 e. The van der Waals surface area contributed by atoms with Gasteiger partial charge in [-0.05, 0) is 31.4 Å². The van der Waals surface area contributed by atoms with Gasteiger partial charge < -0.3 is 18.8 Å². The summed E-state index contributed by atoms with van der Waals surface area (Å²) in [6.07, 6.45) is 3.20. The summed E-state index contributed by atoms with van der Waals surface area (Å²) in [7, 11) is 1.66. The molecule has 25 heavy (non-hydrogen) atoms. The summed E-state index contributed by atoms with van der Waals surface area (Å²) >= 11 is 0. The van der Waals surface area contributed by atoms with E-state index in [1.54, 1.807) is 19.4 Å². The van der Waals surface area contributed by atoms with Crippen LogP contribution in [0.2, 0.25) is 0 Å². The molecule has 2 atom stereocenters. The van der Waals surface area contributed by atoms with Crippen LogP contribution in [0.4, 0.5) is 0 Å². The van der Waals surface area contributed by atoms with Crippen molar-refractivity contribution < 1.29 is 18.7 Å². The van der Waals surface area contributed by atoms with E-state index in [0.717, 1.165) is 12.8 Å². The van der Waals surface area contributed by atoms with Gasteiger partial charge in [-0.2, -0.15) is 0 Å². The van der Waals surface area contributed by atoms with E-state index in [2.05, 4.69) is 12.1 Å². The van der Waals surface area contributed by atoms with Crippen LogP contribution in [0.5, 0.6) is 0 Å². The fraction of sp³-hybridized carbons (Fsp3) is 0.450. The lowest BCUT2D eigenvalue weighted by Crippen LogP contribution is -2.42. The zero-order chi connectivity index (χ0) is 17.6. The summed E-state index contributed by atoms with van der Waals surface area (Å²) in [5.41, 5.74) is 1.84. The normalized spacial score (nSPS) is 20.2. The number of carbonyl (C=O) groups excluding carboxylic acids is 1. The number of furan rings is 1. The molecule has 3 rings (SSSR count). The average molecular weight is 343 g/mol. The second-order valence-electron chi connectivity index (χ2n) is 6.34. The third-order valence-electron chi connectivity index (χ3n) is 4.74. The molecule has 1 aromatic carbocycles. The monoisotopic (exact) mass is 343 g/mol. The lowest BCUT2D eigenvalue weighted by Gasteiger charge is -2.28. The Morgan fingerprint density at radius 2 is 2.04 bits per heavy atom. The Bertz CT molecular complexity index is 682. The van der Waals surface area contributed by atoms with Gasteiger partial charge in [-0.25, -0.2) is 0 Å². The fourth-order valence-corrected chi connectivity index (χ4v) is 3.41. The number of ether oxygens (including phenoxy) is 2. The van der Waals surface area contributed by atoms with E-state index < -0.39 is 0 Å². The second-order valence-corrected chi connectivity index (χ2v) is 6.34. The summed E-state index contributed by atoms with van der Waals surface area (Å²) in [5, 5.41) is 0. The molecule has 0 aliphatic carbocycles. The predicted octanol–water partition coefficient (Wildman–Crippen LogP) is 3.08. The van der Waals surface area contributed by atoms with Gasteiger partial charge in [0.25, 0.3) is 5.91 Å². The third-order valence-corrected chi connectivity index (χ3v) is 4.74. The van der Waals surface area contributed by atoms with Crippen molar-refractivity contribution in [2.24, 2.45) is 0 Å². The Kier molecular flexibility index (Phi) is 5.89. The Labute approximate surface area is 148 Å². The third kappa shape index (κ3) is 4.11. The van der Waals surface area contributed by atoms with E-state index >= 15 is 0 Å². The SMILES string of the molecule is COCCO[C@H]1CCN(C(=O)c2ccoc2C)[C@H]1Cc1ccccc1. The number of nitrogens with zero attached hydrogens (tertiary/aromatic N) is 1. The van der Waals surface area contributed by atoms with Crippen LogP contribution in [-0.2, 0) is 15.9 Å². The Hall–Kier alpha value is -2.11. The molecule has 5 heteroatoms. The lowest BCUT2D eigenvalue weighted by atomic mass is 10.0. The molecule has 1 aliphatic heterocycles. The van der Waals surface area contributed by atoms with E-state index in [1.807, 2.05) is 30.0 Å². The molecule has 0 N–H and O–H groups in total. The van der Waals surface area contributed by atoms with Crippen molar-refractivity contribution in [3.8, 4) is 0 Å². The van der Waals surface area contributed by atoms with Gasteiger partial charge in [0.1, 0.15) is 5.76 Å². The summed E-state index contributed by atoms with van der Waals surface area (Å²) in [4.78, 5) is 14.9. The zero-order valence-corrected chi connectivity index (χ0v) is 14.8. The van der Waals surface area contributed by atoms with Gasteiger partial charge in [0.15, 0.2) is 0 Å². The molecule has 1 saturated heterocycles. The van der Waals surface area contributed by atoms with E-state index in [9.17, 15) is 4.79 Å². The zero-order valence-electron chi connectivity index (χ0n) is 14.8. The smallest absolute Gasteiger partial charge is 0.257 e. The number of methoxy groups -OCH3 is 1. The van der Waals surface area contributed by atoms with Crippen molar-refractivity contribution in [3.05, 3.63) is 59.5 Å². The van der Waals surface area contributed by atoms with Gasteiger partial charge >= 0.3 is 0 Å². The minimum atomic E-state index is 0.0149. The van der Waals surface area contributed by atoms with Crippen molar-refractivity contribution in [2.75, 3.05) is 26.9 Å². The first kappa shape index (κ1) is 17.7. The number of hydrogen-bond acceptors (Lipinski definition) is 4. The maximum Gasteiger partial charge on any atom is 0.257 e. The molecular weight excluding hydrogens is 318 g/mol. The molecule has 5 nitrogen and oxygen atoms in total. The molecule has 0 bridgehead atoms. The fourth-order valence-electron chi connectivity index (χ4n) is 3.41. The first-order valence-electron chi connectivity index (χ1n) is 8.70. The number of hydrogen-bond donors (Lipinski definition) is 0. The molecule has 2 heterocycles. The highest BCUT2D eigenvalue weighted by Gasteiger charge is 2.38. The molecule has 1 amide bonds. The molecule has 0 saturated carbocycles. The number of amides is 1. The summed E-state index contributed by atoms with van der Waals surface area (Å²) < 4.78 is 16.4. The molecule has 2 aromatic rings. The molecule has 0 radical (unpaired) electrons. The van der Waals surface area contributed by atoms with Crippen LogP contribution in [0, 0.1) is 6.92 Å². The number of benzene rings is 1. The van der Waals surface area contributed by atoms with Crippen molar-refractivity contribution in [1.82, 2.24) is 4.90 Å². The molecule has 1 aliphatic rings. The molecule has 134 valence electrons. The number of likely N-dealkylation sites (tertiary alicyclic amines) is 1. The van der Waals surface area contributed by atoms with Gasteiger partial charge in [-0.3, -0.25) is 4.79 Å². The Morgan fingerprint density at radius 3 is 2.72 bits per heavy atom. The topological polar surface area (TPSA) is 51.9 Å². The van der Waals surface area contributed by atoms with Crippen LogP contribution in [0.3, 0.4) is 0 Å². The highest BCUT2D eigenvalue weighted by molar-refractivity contribution is 5.95. The lowest BCUT2D eigenvalue weighted by molar-refractivity contribution is 0.000473. The Balaban J connectivity index is 1.78. The molecule has 1 fully saturated rings. The first-order valence-corrected chi connectivity index (χ1v) is 8.70. The van der Waals surface area contributed by atoms with Gasteiger partial charge in [0.2, 0.25) is 0 Å². The van der Waals surface area contributed by atoms with Gasteiger partial charge in [0.05, 0.1) is 37.2 Å². The van der Waals surface area contributed by atoms with Crippen LogP contribution in [0.1, 0.15) is 28.1 Å². The van der Waals surface area contributed by atoms with Crippen LogP contribution < -0.4 is 0 Å². The van der Waals surface area contributed by atoms with E-state index in [-0.39, 0.29) is 18.1 Å². The second kappa shape index (κ2) is 8.32. The molecular formula is C20H25NO4. The minimum absolute atomic E-state index is 0.0149. The summed E-state index contributed by atoms with van der Waals surface area (Å²) in [6, 6.07) is 12.0. The molecule has 1 aromatic heterocycles. The quantitative estimate of drug-likeness (QED) is 0.725. The summed E-state index contributed by atoms with van der Waals surface area (Å²) in [6.45, 7) is 3.61. The highest BCUT2D eigenvalue weighted by Crippen LogP contribution is 2.27. The number of rotatable bonds is 7. The maximum absolute atomic E-state index is 13.0. The molecule has 0 unspecified atom stereocenters. The van der Waals surface area contributed by atoms with Crippen LogP contribution in [0.25, 0.3) is 0 Å². The van der Waals surface area contributed by atoms with E-state index in [0.29, 0.717) is 31.1 Å². The van der Waals surface area contributed by atoms with Crippen LogP contribution in [-0.4, -0.2) is 49.8 Å². The Morgan fingerprint density at radius 1 is 1.24 bits per heavy atom. The van der Waals surface area contributed by atoms with Gasteiger partial charge in [-0.15, -0.1) is 0 Å². The van der Waals surface area contributed by atoms with Gasteiger partial charge in [-0.1, -0.05) is 30.3 Å². The van der Waals surface area contributed by atoms with Crippen molar-refractivity contribution in [3.63, 3.8) is 0 Å². The van der Waals surface area contributed by atoms with Gasteiger partial charge in [0, 0.05) is 13.7 Å². The van der Waals surface area contributed by atoms with Crippen molar-refractivity contribution >= 4 is 5.91 Å². The number of carbonyl (C=O) groups is 1. The molecule has 0 spiro atoms. The standard InChI is InChI=1S/C20H25NO4/c1-15-17(9-11-24-15)20(22)21-10-8-19(25-13-12-23-2)18(21)14-16-6-4-3-5-7-16/h3-7,9,11,18-19H,8,10,12-14H2,1-2H3/t18-,19-/m0/s1. The number of aryl methyl sites for hydroxylation is 1. The van der Waals surface area contributed by atoms with Crippen LogP contribution in [0.15, 0.2) is 47.1 Å². The van der Waals surface area contributed by atoms with Crippen LogP contribution >= 0.6 is 0 Å². The highest BCUT2D eigenvalue weighted by atomic mass is 16.5.